The highest BCUT2D eigenvalue weighted by atomic mass is 19.1. The van der Waals surface area contributed by atoms with Crippen LogP contribution < -0.4 is 5.73 Å². The minimum Gasteiger partial charge on any atom is -0.327 e. The SMILES string of the molecule is Cc1cc(CCC(N)C2CC2)ccc1F. The van der Waals surface area contributed by atoms with Crippen LogP contribution in [0.3, 0.4) is 0 Å². The van der Waals surface area contributed by atoms with Crippen molar-refractivity contribution in [3.8, 4) is 0 Å². The molecule has 1 atom stereocenters. The second-order valence-electron chi connectivity index (χ2n) is 4.62. The molecule has 0 aromatic heterocycles. The van der Waals surface area contributed by atoms with E-state index in [-0.39, 0.29) is 5.82 Å². The minimum absolute atomic E-state index is 0.120. The summed E-state index contributed by atoms with van der Waals surface area (Å²) in [5.41, 5.74) is 7.95. The second kappa shape index (κ2) is 4.31. The van der Waals surface area contributed by atoms with E-state index in [9.17, 15) is 4.39 Å². The summed E-state index contributed by atoms with van der Waals surface area (Å²) in [6.07, 6.45) is 4.59. The summed E-state index contributed by atoms with van der Waals surface area (Å²) in [6, 6.07) is 5.68. The van der Waals surface area contributed by atoms with Crippen molar-refractivity contribution in [2.75, 3.05) is 0 Å². The Balaban J connectivity index is 1.89. The lowest BCUT2D eigenvalue weighted by Crippen LogP contribution is -2.22. The first-order chi connectivity index (χ1) is 7.16. The summed E-state index contributed by atoms with van der Waals surface area (Å²) in [4.78, 5) is 0. The molecule has 0 spiro atoms. The van der Waals surface area contributed by atoms with E-state index >= 15 is 0 Å². The fourth-order valence-corrected chi connectivity index (χ4v) is 1.96. The lowest BCUT2D eigenvalue weighted by Gasteiger charge is -2.10. The van der Waals surface area contributed by atoms with Crippen molar-refractivity contribution < 1.29 is 4.39 Å². The molecule has 1 unspecified atom stereocenters. The maximum absolute atomic E-state index is 13.0. The van der Waals surface area contributed by atoms with Gasteiger partial charge in [0, 0.05) is 6.04 Å². The molecule has 82 valence electrons. The topological polar surface area (TPSA) is 26.0 Å². The molecule has 0 heterocycles. The molecule has 15 heavy (non-hydrogen) atoms. The molecule has 1 nitrogen and oxygen atoms in total. The third kappa shape index (κ3) is 2.78. The Morgan fingerprint density at radius 1 is 1.47 bits per heavy atom. The van der Waals surface area contributed by atoms with Crippen molar-refractivity contribution in [3.05, 3.63) is 35.1 Å². The van der Waals surface area contributed by atoms with E-state index < -0.39 is 0 Å². The maximum Gasteiger partial charge on any atom is 0.126 e. The van der Waals surface area contributed by atoms with E-state index in [1.54, 1.807) is 13.0 Å². The maximum atomic E-state index is 13.0. The van der Waals surface area contributed by atoms with E-state index in [4.69, 9.17) is 5.73 Å². The van der Waals surface area contributed by atoms with Crippen molar-refractivity contribution in [1.29, 1.82) is 0 Å². The molecule has 0 aliphatic heterocycles. The lowest BCUT2D eigenvalue weighted by molar-refractivity contribution is 0.549. The van der Waals surface area contributed by atoms with Crippen molar-refractivity contribution in [2.45, 2.75) is 38.6 Å². The molecule has 2 N–H and O–H groups in total. The zero-order valence-corrected chi connectivity index (χ0v) is 9.17. The molecule has 1 aliphatic rings. The quantitative estimate of drug-likeness (QED) is 0.807. The van der Waals surface area contributed by atoms with Gasteiger partial charge in [-0.1, -0.05) is 12.1 Å². The molecule has 0 radical (unpaired) electrons. The molecular weight excluding hydrogens is 189 g/mol. The number of nitrogens with two attached hydrogens (primary N) is 1. The Bertz CT molecular complexity index is 344. The van der Waals surface area contributed by atoms with E-state index in [1.807, 2.05) is 12.1 Å². The van der Waals surface area contributed by atoms with Crippen LogP contribution in [0.1, 0.15) is 30.4 Å². The fraction of sp³-hybridized carbons (Fsp3) is 0.538. The number of hydrogen-bond donors (Lipinski definition) is 1. The van der Waals surface area contributed by atoms with Gasteiger partial charge in [0.05, 0.1) is 0 Å². The van der Waals surface area contributed by atoms with Gasteiger partial charge in [-0.2, -0.15) is 0 Å². The fourth-order valence-electron chi connectivity index (χ4n) is 1.96. The number of hydrogen-bond acceptors (Lipinski definition) is 1. The van der Waals surface area contributed by atoms with Gasteiger partial charge in [0.25, 0.3) is 0 Å². The van der Waals surface area contributed by atoms with Crippen LogP contribution in [0.25, 0.3) is 0 Å². The van der Waals surface area contributed by atoms with Gasteiger partial charge in [0.15, 0.2) is 0 Å². The van der Waals surface area contributed by atoms with Gasteiger partial charge in [0.1, 0.15) is 5.82 Å². The highest BCUT2D eigenvalue weighted by Crippen LogP contribution is 2.33. The van der Waals surface area contributed by atoms with Gasteiger partial charge in [-0.15, -0.1) is 0 Å². The van der Waals surface area contributed by atoms with Crippen LogP contribution in [-0.4, -0.2) is 6.04 Å². The van der Waals surface area contributed by atoms with Crippen LogP contribution in [0.4, 0.5) is 4.39 Å². The highest BCUT2D eigenvalue weighted by molar-refractivity contribution is 5.24. The predicted molar refractivity (Wildman–Crippen MR) is 60.2 cm³/mol. The molecule has 1 fully saturated rings. The zero-order valence-electron chi connectivity index (χ0n) is 9.17. The zero-order chi connectivity index (χ0) is 10.8. The van der Waals surface area contributed by atoms with Crippen LogP contribution in [0.2, 0.25) is 0 Å². The van der Waals surface area contributed by atoms with E-state index in [0.717, 1.165) is 24.3 Å². The molecule has 1 saturated carbocycles. The molecule has 2 rings (SSSR count). The first-order valence-electron chi connectivity index (χ1n) is 5.67. The van der Waals surface area contributed by atoms with Crippen molar-refractivity contribution in [2.24, 2.45) is 11.7 Å². The monoisotopic (exact) mass is 207 g/mol. The Morgan fingerprint density at radius 2 is 2.20 bits per heavy atom. The molecule has 0 amide bonds. The number of rotatable bonds is 4. The van der Waals surface area contributed by atoms with Crippen LogP contribution in [0.15, 0.2) is 18.2 Å². The van der Waals surface area contributed by atoms with Crippen molar-refractivity contribution in [3.63, 3.8) is 0 Å². The van der Waals surface area contributed by atoms with Crippen molar-refractivity contribution >= 4 is 0 Å². The molecule has 0 saturated heterocycles. The van der Waals surface area contributed by atoms with E-state index in [0.29, 0.717) is 6.04 Å². The summed E-state index contributed by atoms with van der Waals surface area (Å²) >= 11 is 0. The van der Waals surface area contributed by atoms with Gasteiger partial charge in [-0.25, -0.2) is 4.39 Å². The van der Waals surface area contributed by atoms with E-state index in [1.165, 1.54) is 18.4 Å². The first kappa shape index (κ1) is 10.6. The molecule has 1 aromatic rings. The average Bonchev–Trinajstić information content (AvgIpc) is 3.03. The second-order valence-corrected chi connectivity index (χ2v) is 4.62. The van der Waals surface area contributed by atoms with Crippen LogP contribution in [0.5, 0.6) is 0 Å². The molecule has 2 heteroatoms. The standard InChI is InChI=1S/C13H18FN/c1-9-8-10(2-6-12(9)14)3-7-13(15)11-4-5-11/h2,6,8,11,13H,3-5,7,15H2,1H3. The number of aryl methyl sites for hydroxylation is 2. The summed E-state index contributed by atoms with van der Waals surface area (Å²) in [7, 11) is 0. The molecule has 0 bridgehead atoms. The minimum atomic E-state index is -0.120. The highest BCUT2D eigenvalue weighted by Gasteiger charge is 2.27. The van der Waals surface area contributed by atoms with Crippen molar-refractivity contribution in [1.82, 2.24) is 0 Å². The average molecular weight is 207 g/mol. The van der Waals surface area contributed by atoms with Crippen LogP contribution >= 0.6 is 0 Å². The number of benzene rings is 1. The Hall–Kier alpha value is -0.890. The summed E-state index contributed by atoms with van der Waals surface area (Å²) < 4.78 is 13.0. The molecular formula is C13H18FN. The van der Waals surface area contributed by atoms with Gasteiger partial charge in [-0.3, -0.25) is 0 Å². The summed E-state index contributed by atoms with van der Waals surface area (Å²) in [5.74, 6) is 0.636. The normalized spacial score (nSPS) is 17.8. The summed E-state index contributed by atoms with van der Waals surface area (Å²) in [6.45, 7) is 1.81. The Kier molecular flexibility index (Phi) is 3.06. The Labute approximate surface area is 90.5 Å². The predicted octanol–water partition coefficient (Wildman–Crippen LogP) is 2.80. The third-order valence-corrected chi connectivity index (χ3v) is 3.22. The summed E-state index contributed by atoms with van der Waals surface area (Å²) in [5, 5.41) is 0. The Morgan fingerprint density at radius 3 is 2.80 bits per heavy atom. The van der Waals surface area contributed by atoms with Gasteiger partial charge in [-0.05, 0) is 55.7 Å². The van der Waals surface area contributed by atoms with Crippen LogP contribution in [0, 0.1) is 18.7 Å². The van der Waals surface area contributed by atoms with Gasteiger partial charge in [0.2, 0.25) is 0 Å². The van der Waals surface area contributed by atoms with Gasteiger partial charge < -0.3 is 5.73 Å². The smallest absolute Gasteiger partial charge is 0.126 e. The number of halogens is 1. The van der Waals surface area contributed by atoms with Crippen LogP contribution in [-0.2, 0) is 6.42 Å². The molecule has 1 aliphatic carbocycles. The van der Waals surface area contributed by atoms with Gasteiger partial charge >= 0.3 is 0 Å². The molecule has 1 aromatic carbocycles. The first-order valence-corrected chi connectivity index (χ1v) is 5.67. The largest absolute Gasteiger partial charge is 0.327 e. The van der Waals surface area contributed by atoms with E-state index in [2.05, 4.69) is 0 Å². The lowest BCUT2D eigenvalue weighted by atomic mass is 10.0. The third-order valence-electron chi connectivity index (χ3n) is 3.22.